The molecule has 0 saturated heterocycles. The van der Waals surface area contributed by atoms with Gasteiger partial charge in [-0.25, -0.2) is 0 Å². The Bertz CT molecular complexity index is 772. The van der Waals surface area contributed by atoms with Crippen LogP contribution in [0.2, 0.25) is 10.0 Å². The molecule has 25 heavy (non-hydrogen) atoms. The number of carbonyl (C=O) groups excluding carboxylic acids is 2. The minimum Gasteiger partial charge on any atom is -0.488 e. The molecule has 0 fully saturated rings. The molecule has 0 radical (unpaired) electrons. The van der Waals surface area contributed by atoms with Gasteiger partial charge in [0.1, 0.15) is 19.0 Å². The Kier molecular flexibility index (Phi) is 6.67. The van der Waals surface area contributed by atoms with Gasteiger partial charge in [-0.1, -0.05) is 29.3 Å². The Balaban J connectivity index is 2.04. The van der Waals surface area contributed by atoms with Crippen molar-refractivity contribution >= 4 is 40.6 Å². The maximum atomic E-state index is 11.5. The molecule has 0 heterocycles. The second kappa shape index (κ2) is 8.74. The molecule has 0 saturated carbocycles. The van der Waals surface area contributed by atoms with Crippen molar-refractivity contribution < 1.29 is 19.1 Å². The van der Waals surface area contributed by atoms with E-state index in [-0.39, 0.29) is 24.9 Å². The van der Waals surface area contributed by atoms with Gasteiger partial charge in [-0.05, 0) is 37.3 Å². The summed E-state index contributed by atoms with van der Waals surface area (Å²) in [5.74, 6) is 0.434. The molecule has 0 aliphatic rings. The van der Waals surface area contributed by atoms with Gasteiger partial charge in [0, 0.05) is 12.5 Å². The minimum atomic E-state index is -0.237. The molecule has 5 nitrogen and oxygen atoms in total. The molecule has 0 aromatic heterocycles. The summed E-state index contributed by atoms with van der Waals surface area (Å²) in [6.07, 6.45) is 0. The van der Waals surface area contributed by atoms with Gasteiger partial charge < -0.3 is 14.8 Å². The average Bonchev–Trinajstić information content (AvgIpc) is 2.54. The zero-order valence-corrected chi connectivity index (χ0v) is 15.3. The normalized spacial score (nSPS) is 10.2. The van der Waals surface area contributed by atoms with Gasteiger partial charge in [0.05, 0.1) is 15.7 Å². The van der Waals surface area contributed by atoms with E-state index in [0.29, 0.717) is 32.8 Å². The van der Waals surface area contributed by atoms with Crippen LogP contribution in [-0.4, -0.2) is 24.9 Å². The fourth-order valence-electron chi connectivity index (χ4n) is 2.07. The van der Waals surface area contributed by atoms with Crippen LogP contribution in [0.5, 0.6) is 11.5 Å². The first-order chi connectivity index (χ1) is 11.9. The molecular weight excluding hydrogens is 365 g/mol. The maximum absolute atomic E-state index is 11.5. The molecule has 1 amide bonds. The Morgan fingerprint density at radius 3 is 2.24 bits per heavy atom. The highest BCUT2D eigenvalue weighted by Crippen LogP contribution is 2.32. The van der Waals surface area contributed by atoms with Crippen molar-refractivity contribution in [1.29, 1.82) is 0 Å². The number of para-hydroxylation sites is 1. The SMILES string of the molecule is CC(=O)Nc1ccc(C(C)=O)cc1OCCOc1c(Cl)cccc1Cl. The van der Waals surface area contributed by atoms with Crippen LogP contribution in [0.25, 0.3) is 0 Å². The highest BCUT2D eigenvalue weighted by atomic mass is 35.5. The van der Waals surface area contributed by atoms with Gasteiger partial charge in [-0.2, -0.15) is 0 Å². The van der Waals surface area contributed by atoms with Crippen molar-refractivity contribution in [3.05, 3.63) is 52.0 Å². The quantitative estimate of drug-likeness (QED) is 0.561. The Hall–Kier alpha value is -2.24. The highest BCUT2D eigenvalue weighted by molar-refractivity contribution is 6.37. The molecule has 0 aliphatic carbocycles. The lowest BCUT2D eigenvalue weighted by Gasteiger charge is -2.14. The van der Waals surface area contributed by atoms with E-state index in [4.69, 9.17) is 32.7 Å². The summed E-state index contributed by atoms with van der Waals surface area (Å²) in [5, 5.41) is 3.47. The molecule has 1 N–H and O–H groups in total. The molecule has 2 rings (SSSR count). The first kappa shape index (κ1) is 19.1. The van der Waals surface area contributed by atoms with Crippen molar-refractivity contribution in [3.63, 3.8) is 0 Å². The number of rotatable bonds is 7. The van der Waals surface area contributed by atoms with Gasteiger partial charge in [0.2, 0.25) is 5.91 Å². The van der Waals surface area contributed by atoms with Crippen molar-refractivity contribution in [2.75, 3.05) is 18.5 Å². The fourth-order valence-corrected chi connectivity index (χ4v) is 2.58. The van der Waals surface area contributed by atoms with E-state index < -0.39 is 0 Å². The van der Waals surface area contributed by atoms with Crippen LogP contribution in [0.4, 0.5) is 5.69 Å². The van der Waals surface area contributed by atoms with Crippen LogP contribution in [-0.2, 0) is 4.79 Å². The number of benzene rings is 2. The second-order valence-corrected chi connectivity index (χ2v) is 6.01. The molecule has 0 atom stereocenters. The lowest BCUT2D eigenvalue weighted by atomic mass is 10.1. The number of hydrogen-bond donors (Lipinski definition) is 1. The van der Waals surface area contributed by atoms with Gasteiger partial charge in [0.15, 0.2) is 11.5 Å². The van der Waals surface area contributed by atoms with E-state index in [9.17, 15) is 9.59 Å². The van der Waals surface area contributed by atoms with Crippen molar-refractivity contribution in [2.24, 2.45) is 0 Å². The monoisotopic (exact) mass is 381 g/mol. The van der Waals surface area contributed by atoms with Crippen LogP contribution in [0.1, 0.15) is 24.2 Å². The third-order valence-corrected chi connectivity index (χ3v) is 3.80. The molecule has 0 unspecified atom stereocenters. The summed E-state index contributed by atoms with van der Waals surface area (Å²) < 4.78 is 11.2. The first-order valence-corrected chi connectivity index (χ1v) is 8.26. The van der Waals surface area contributed by atoms with E-state index in [0.717, 1.165) is 0 Å². The smallest absolute Gasteiger partial charge is 0.221 e. The standard InChI is InChI=1S/C18H17Cl2NO4/c1-11(22)13-6-7-16(21-12(2)23)17(10-13)24-8-9-25-18-14(19)4-3-5-15(18)20/h3-7,10H,8-9H2,1-2H3,(H,21,23). The molecular formula is C18H17Cl2NO4. The van der Waals surface area contributed by atoms with Crippen LogP contribution in [0, 0.1) is 0 Å². The number of Topliss-reactive ketones (excluding diaryl/α,β-unsaturated/α-hetero) is 1. The Morgan fingerprint density at radius 1 is 1.00 bits per heavy atom. The van der Waals surface area contributed by atoms with Crippen molar-refractivity contribution in [1.82, 2.24) is 0 Å². The molecule has 2 aromatic carbocycles. The molecule has 2 aromatic rings. The van der Waals surface area contributed by atoms with Gasteiger partial charge >= 0.3 is 0 Å². The van der Waals surface area contributed by atoms with E-state index in [1.807, 2.05) is 0 Å². The van der Waals surface area contributed by atoms with Gasteiger partial charge in [0.25, 0.3) is 0 Å². The Morgan fingerprint density at radius 2 is 1.64 bits per heavy atom. The summed E-state index contributed by atoms with van der Waals surface area (Å²) >= 11 is 12.1. The third kappa shape index (κ3) is 5.37. The number of ketones is 1. The number of nitrogens with one attached hydrogen (secondary N) is 1. The number of hydrogen-bond acceptors (Lipinski definition) is 4. The second-order valence-electron chi connectivity index (χ2n) is 5.20. The summed E-state index contributed by atoms with van der Waals surface area (Å²) in [5.41, 5.74) is 0.965. The molecule has 7 heteroatoms. The minimum absolute atomic E-state index is 0.0988. The predicted octanol–water partition coefficient (Wildman–Crippen LogP) is 4.61. The number of ether oxygens (including phenoxy) is 2. The number of carbonyl (C=O) groups is 2. The van der Waals surface area contributed by atoms with Gasteiger partial charge in [-0.15, -0.1) is 0 Å². The van der Waals surface area contributed by atoms with E-state index >= 15 is 0 Å². The average molecular weight is 382 g/mol. The van der Waals surface area contributed by atoms with Crippen molar-refractivity contribution in [3.8, 4) is 11.5 Å². The summed E-state index contributed by atoms with van der Waals surface area (Å²) in [6.45, 7) is 3.22. The largest absolute Gasteiger partial charge is 0.488 e. The summed E-state index contributed by atoms with van der Waals surface area (Å²) in [6, 6.07) is 9.90. The van der Waals surface area contributed by atoms with Crippen molar-refractivity contribution in [2.45, 2.75) is 13.8 Å². The third-order valence-electron chi connectivity index (χ3n) is 3.21. The van der Waals surface area contributed by atoms with Crippen LogP contribution >= 0.6 is 23.2 Å². The van der Waals surface area contributed by atoms with E-state index in [1.54, 1.807) is 36.4 Å². The topological polar surface area (TPSA) is 64.6 Å². The first-order valence-electron chi connectivity index (χ1n) is 7.50. The lowest BCUT2D eigenvalue weighted by Crippen LogP contribution is -2.13. The lowest BCUT2D eigenvalue weighted by molar-refractivity contribution is -0.114. The van der Waals surface area contributed by atoms with E-state index in [2.05, 4.69) is 5.32 Å². The van der Waals surface area contributed by atoms with Crippen LogP contribution < -0.4 is 14.8 Å². The molecule has 0 bridgehead atoms. The zero-order chi connectivity index (χ0) is 18.4. The van der Waals surface area contributed by atoms with Gasteiger partial charge in [-0.3, -0.25) is 9.59 Å². The summed E-state index contributed by atoms with van der Waals surface area (Å²) in [7, 11) is 0. The number of halogens is 2. The van der Waals surface area contributed by atoms with Crippen LogP contribution in [0.15, 0.2) is 36.4 Å². The molecule has 0 aliphatic heterocycles. The fraction of sp³-hybridized carbons (Fsp3) is 0.222. The molecule has 132 valence electrons. The highest BCUT2D eigenvalue weighted by Gasteiger charge is 2.10. The van der Waals surface area contributed by atoms with Crippen LogP contribution in [0.3, 0.4) is 0 Å². The number of amides is 1. The molecule has 0 spiro atoms. The summed E-state index contributed by atoms with van der Waals surface area (Å²) in [4.78, 5) is 22.8. The Labute approximate surface area is 155 Å². The zero-order valence-electron chi connectivity index (χ0n) is 13.8. The number of anilines is 1. The maximum Gasteiger partial charge on any atom is 0.221 e. The predicted molar refractivity (Wildman–Crippen MR) is 98.2 cm³/mol. The van der Waals surface area contributed by atoms with E-state index in [1.165, 1.54) is 13.8 Å².